The fourth-order valence-corrected chi connectivity index (χ4v) is 3.14. The van der Waals surface area contributed by atoms with Gasteiger partial charge < -0.3 is 4.90 Å². The number of nitrogens with one attached hydrogen (secondary N) is 1. The SMILES string of the molecule is CC[C@@H](c1ccc(C(F)(F)F)c(F)c1)n1nc(CF)c2c(=O)[nH]c(N(C)C)nc21. The van der Waals surface area contributed by atoms with Crippen molar-refractivity contribution in [3.8, 4) is 0 Å². The largest absolute Gasteiger partial charge is 0.419 e. The molecule has 3 rings (SSSR count). The lowest BCUT2D eigenvalue weighted by molar-refractivity contribution is -0.140. The van der Waals surface area contributed by atoms with Crippen molar-refractivity contribution in [3.63, 3.8) is 0 Å². The van der Waals surface area contributed by atoms with E-state index in [4.69, 9.17) is 0 Å². The fourth-order valence-electron chi connectivity index (χ4n) is 3.14. The molecule has 1 aromatic carbocycles. The second-order valence-electron chi connectivity index (χ2n) is 6.67. The highest BCUT2D eigenvalue weighted by Gasteiger charge is 2.34. The zero-order valence-electron chi connectivity index (χ0n) is 15.8. The summed E-state index contributed by atoms with van der Waals surface area (Å²) in [5, 5.41) is 4.06. The summed E-state index contributed by atoms with van der Waals surface area (Å²) in [7, 11) is 3.28. The molecule has 0 aliphatic rings. The van der Waals surface area contributed by atoms with Gasteiger partial charge in [-0.25, -0.2) is 13.5 Å². The Bertz CT molecular complexity index is 1100. The fraction of sp³-hybridized carbons (Fsp3) is 0.389. The Morgan fingerprint density at radius 1 is 1.28 bits per heavy atom. The summed E-state index contributed by atoms with van der Waals surface area (Å²) in [4.78, 5) is 20.8. The van der Waals surface area contributed by atoms with E-state index in [1.807, 2.05) is 0 Å². The molecule has 0 fully saturated rings. The minimum absolute atomic E-state index is 0.0519. The molecule has 0 unspecified atom stereocenters. The summed E-state index contributed by atoms with van der Waals surface area (Å²) in [6.07, 6.45) is -4.53. The van der Waals surface area contributed by atoms with Gasteiger partial charge in [-0.05, 0) is 24.1 Å². The molecule has 0 aliphatic heterocycles. The van der Waals surface area contributed by atoms with Crippen molar-refractivity contribution in [2.45, 2.75) is 32.2 Å². The van der Waals surface area contributed by atoms with Gasteiger partial charge in [0.25, 0.3) is 5.56 Å². The quantitative estimate of drug-likeness (QED) is 0.644. The number of hydrogen-bond donors (Lipinski definition) is 1. The molecule has 29 heavy (non-hydrogen) atoms. The van der Waals surface area contributed by atoms with Crippen molar-refractivity contribution in [3.05, 3.63) is 51.2 Å². The van der Waals surface area contributed by atoms with Gasteiger partial charge in [0.05, 0.1) is 11.6 Å². The molecule has 0 saturated carbocycles. The third-order valence-corrected chi connectivity index (χ3v) is 4.54. The average Bonchev–Trinajstić information content (AvgIpc) is 3.00. The summed E-state index contributed by atoms with van der Waals surface area (Å²) in [6, 6.07) is 1.82. The average molecular weight is 415 g/mol. The first-order valence-corrected chi connectivity index (χ1v) is 8.69. The van der Waals surface area contributed by atoms with Gasteiger partial charge in [0, 0.05) is 14.1 Å². The molecule has 0 radical (unpaired) electrons. The van der Waals surface area contributed by atoms with Crippen molar-refractivity contribution < 1.29 is 22.0 Å². The minimum Gasteiger partial charge on any atom is -0.348 e. The number of nitrogens with zero attached hydrogens (tertiary/aromatic N) is 4. The van der Waals surface area contributed by atoms with Crippen LogP contribution in [-0.2, 0) is 12.9 Å². The van der Waals surface area contributed by atoms with Gasteiger partial charge in [0.15, 0.2) is 5.65 Å². The van der Waals surface area contributed by atoms with E-state index in [1.54, 1.807) is 21.0 Å². The van der Waals surface area contributed by atoms with E-state index in [2.05, 4.69) is 15.1 Å². The van der Waals surface area contributed by atoms with Gasteiger partial charge in [-0.3, -0.25) is 9.78 Å². The van der Waals surface area contributed by atoms with Gasteiger partial charge in [0.1, 0.15) is 23.6 Å². The number of aromatic amines is 1. The molecular formula is C18H18F5N5O. The molecule has 0 amide bonds. The number of H-pyrrole nitrogens is 1. The number of anilines is 1. The van der Waals surface area contributed by atoms with Crippen LogP contribution in [0.4, 0.5) is 27.9 Å². The number of halogens is 5. The summed E-state index contributed by atoms with van der Waals surface area (Å²) in [6.45, 7) is 0.677. The van der Waals surface area contributed by atoms with Crippen LogP contribution < -0.4 is 10.5 Å². The van der Waals surface area contributed by atoms with E-state index in [-0.39, 0.29) is 28.2 Å². The maximum atomic E-state index is 14.1. The first kappa shape index (κ1) is 20.7. The zero-order valence-corrected chi connectivity index (χ0v) is 15.8. The molecule has 0 spiro atoms. The van der Waals surface area contributed by atoms with E-state index < -0.39 is 35.8 Å². The van der Waals surface area contributed by atoms with Crippen LogP contribution >= 0.6 is 0 Å². The van der Waals surface area contributed by atoms with Crippen molar-refractivity contribution in [1.29, 1.82) is 0 Å². The highest BCUT2D eigenvalue weighted by molar-refractivity contribution is 5.78. The highest BCUT2D eigenvalue weighted by atomic mass is 19.4. The van der Waals surface area contributed by atoms with E-state index in [9.17, 15) is 26.7 Å². The Morgan fingerprint density at radius 2 is 1.97 bits per heavy atom. The number of aromatic nitrogens is 4. The van der Waals surface area contributed by atoms with Crippen molar-refractivity contribution in [1.82, 2.24) is 19.7 Å². The second-order valence-corrected chi connectivity index (χ2v) is 6.67. The van der Waals surface area contributed by atoms with Gasteiger partial charge in [-0.1, -0.05) is 13.0 Å². The number of rotatable bonds is 5. The van der Waals surface area contributed by atoms with Crippen LogP contribution in [0.3, 0.4) is 0 Å². The van der Waals surface area contributed by atoms with Crippen molar-refractivity contribution in [2.75, 3.05) is 19.0 Å². The Morgan fingerprint density at radius 3 is 2.48 bits per heavy atom. The van der Waals surface area contributed by atoms with Crippen LogP contribution in [0, 0.1) is 5.82 Å². The molecule has 156 valence electrons. The van der Waals surface area contributed by atoms with Crippen LogP contribution in [0.1, 0.15) is 36.2 Å². The van der Waals surface area contributed by atoms with Crippen molar-refractivity contribution in [2.24, 2.45) is 0 Å². The number of fused-ring (bicyclic) bond motifs is 1. The normalized spacial score (nSPS) is 13.1. The van der Waals surface area contributed by atoms with Crippen LogP contribution in [0.5, 0.6) is 0 Å². The Balaban J connectivity index is 2.22. The second kappa shape index (κ2) is 7.45. The molecule has 6 nitrogen and oxygen atoms in total. The molecular weight excluding hydrogens is 397 g/mol. The monoisotopic (exact) mass is 415 g/mol. The predicted molar refractivity (Wildman–Crippen MR) is 97.1 cm³/mol. The summed E-state index contributed by atoms with van der Waals surface area (Å²) < 4.78 is 67.4. The van der Waals surface area contributed by atoms with Gasteiger partial charge in [0.2, 0.25) is 5.95 Å². The maximum Gasteiger partial charge on any atom is 0.419 e. The maximum absolute atomic E-state index is 14.1. The third-order valence-electron chi connectivity index (χ3n) is 4.54. The number of hydrogen-bond acceptors (Lipinski definition) is 4. The lowest BCUT2D eigenvalue weighted by Gasteiger charge is -2.19. The van der Waals surface area contributed by atoms with Crippen molar-refractivity contribution >= 4 is 17.0 Å². The van der Waals surface area contributed by atoms with Crippen LogP contribution in [-0.4, -0.2) is 33.8 Å². The smallest absolute Gasteiger partial charge is 0.348 e. The number of alkyl halides is 4. The molecule has 1 N–H and O–H groups in total. The van der Waals surface area contributed by atoms with Gasteiger partial charge in [-0.2, -0.15) is 23.3 Å². The Hall–Kier alpha value is -2.98. The summed E-state index contributed by atoms with van der Waals surface area (Å²) in [5.41, 5.74) is -1.86. The van der Waals surface area contributed by atoms with Gasteiger partial charge in [-0.15, -0.1) is 0 Å². The zero-order chi connectivity index (χ0) is 21.5. The minimum atomic E-state index is -4.82. The lowest BCUT2D eigenvalue weighted by atomic mass is 10.0. The molecule has 2 aromatic heterocycles. The standard InChI is InChI=1S/C18H18F5N5O/c1-4-13(9-5-6-10(11(20)7-9)18(21,22)23)28-15-14(12(8-19)26-28)16(29)25-17(24-15)27(2)3/h5-7,13H,4,8H2,1-3H3,(H,24,25,29)/t13-/m0/s1. The molecule has 11 heteroatoms. The van der Waals surface area contributed by atoms with Crippen LogP contribution in [0.2, 0.25) is 0 Å². The molecule has 3 aromatic rings. The first-order chi connectivity index (χ1) is 13.6. The van der Waals surface area contributed by atoms with E-state index in [1.165, 1.54) is 9.58 Å². The first-order valence-electron chi connectivity index (χ1n) is 8.69. The Labute approximate surface area is 162 Å². The van der Waals surface area contributed by atoms with E-state index >= 15 is 0 Å². The topological polar surface area (TPSA) is 66.8 Å². The van der Waals surface area contributed by atoms with Gasteiger partial charge >= 0.3 is 6.18 Å². The molecule has 0 bridgehead atoms. The molecule has 2 heterocycles. The molecule has 1 atom stereocenters. The van der Waals surface area contributed by atoms with E-state index in [0.717, 1.165) is 12.1 Å². The van der Waals surface area contributed by atoms with Crippen LogP contribution in [0.25, 0.3) is 11.0 Å². The summed E-state index contributed by atoms with van der Waals surface area (Å²) in [5.74, 6) is -1.22. The number of benzene rings is 1. The highest BCUT2D eigenvalue weighted by Crippen LogP contribution is 2.34. The van der Waals surface area contributed by atoms with E-state index in [0.29, 0.717) is 12.5 Å². The third kappa shape index (κ3) is 3.68. The lowest BCUT2D eigenvalue weighted by Crippen LogP contribution is -2.20. The van der Waals surface area contributed by atoms with Crippen LogP contribution in [0.15, 0.2) is 23.0 Å². The Kier molecular flexibility index (Phi) is 5.33. The summed E-state index contributed by atoms with van der Waals surface area (Å²) >= 11 is 0. The predicted octanol–water partition coefficient (Wildman–Crippen LogP) is 3.81. The molecule has 0 saturated heterocycles. The molecule has 0 aliphatic carbocycles.